The second-order valence-electron chi connectivity index (χ2n) is 6.39. The highest BCUT2D eigenvalue weighted by Gasteiger charge is 2.35. The number of aromatic nitrogens is 3. The predicted molar refractivity (Wildman–Crippen MR) is 95.6 cm³/mol. The Morgan fingerprint density at radius 3 is 2.88 bits per heavy atom. The van der Waals surface area contributed by atoms with Crippen molar-refractivity contribution >= 4 is 35.2 Å². The van der Waals surface area contributed by atoms with Crippen LogP contribution in [0.3, 0.4) is 0 Å². The Labute approximate surface area is 149 Å². The zero-order valence-corrected chi connectivity index (χ0v) is 14.8. The van der Waals surface area contributed by atoms with Gasteiger partial charge in [-0.15, -0.1) is 10.2 Å². The van der Waals surface area contributed by atoms with E-state index in [1.54, 1.807) is 16.7 Å². The summed E-state index contributed by atoms with van der Waals surface area (Å²) in [5.41, 5.74) is 1.97. The first-order valence-corrected chi connectivity index (χ1v) is 9.34. The fourth-order valence-corrected chi connectivity index (χ4v) is 4.03. The molecule has 0 aliphatic carbocycles. The molecule has 0 radical (unpaired) electrons. The van der Waals surface area contributed by atoms with Crippen LogP contribution < -0.4 is 10.2 Å². The Bertz CT molecular complexity index is 817. The first-order valence-electron chi connectivity index (χ1n) is 8.36. The van der Waals surface area contributed by atoms with Crippen LogP contribution in [-0.2, 0) is 16.1 Å². The molecule has 3 heterocycles. The summed E-state index contributed by atoms with van der Waals surface area (Å²) in [4.78, 5) is 26.6. The smallest absolute Gasteiger partial charge is 0.232 e. The standard InChI is InChI=1S/C17H19N5O2S/c1-11-3-5-13(6-4-11)22-10-12(9-14(22)23)15(24)18-16-19-20-17-21(16)7-2-8-25-17/h3-6,12H,2,7-10H2,1H3,(H,18,19,24). The van der Waals surface area contributed by atoms with Gasteiger partial charge in [0.05, 0.1) is 5.92 Å². The molecular formula is C17H19N5O2S. The van der Waals surface area contributed by atoms with Gasteiger partial charge >= 0.3 is 0 Å². The Morgan fingerprint density at radius 2 is 2.08 bits per heavy atom. The number of hydrogen-bond donors (Lipinski definition) is 1. The van der Waals surface area contributed by atoms with Gasteiger partial charge in [-0.05, 0) is 25.5 Å². The van der Waals surface area contributed by atoms with Crippen molar-refractivity contribution in [1.82, 2.24) is 14.8 Å². The minimum Gasteiger partial charge on any atom is -0.312 e. The molecule has 4 rings (SSSR count). The Balaban J connectivity index is 1.45. The largest absolute Gasteiger partial charge is 0.312 e. The van der Waals surface area contributed by atoms with E-state index in [9.17, 15) is 9.59 Å². The lowest BCUT2D eigenvalue weighted by atomic mass is 10.1. The van der Waals surface area contributed by atoms with Crippen LogP contribution in [0.5, 0.6) is 0 Å². The van der Waals surface area contributed by atoms with Crippen LogP contribution in [-0.4, -0.2) is 38.9 Å². The highest BCUT2D eigenvalue weighted by molar-refractivity contribution is 7.99. The molecule has 1 unspecified atom stereocenters. The van der Waals surface area contributed by atoms with Crippen LogP contribution >= 0.6 is 11.8 Å². The van der Waals surface area contributed by atoms with Gasteiger partial charge in [0.1, 0.15) is 0 Å². The summed E-state index contributed by atoms with van der Waals surface area (Å²) in [7, 11) is 0. The van der Waals surface area contributed by atoms with Crippen molar-refractivity contribution in [1.29, 1.82) is 0 Å². The molecule has 1 aromatic heterocycles. The Morgan fingerprint density at radius 1 is 1.28 bits per heavy atom. The van der Waals surface area contributed by atoms with Gasteiger partial charge in [0.15, 0.2) is 5.16 Å². The lowest BCUT2D eigenvalue weighted by molar-refractivity contribution is -0.122. The van der Waals surface area contributed by atoms with Gasteiger partial charge in [-0.1, -0.05) is 29.5 Å². The van der Waals surface area contributed by atoms with E-state index >= 15 is 0 Å². The molecule has 2 aromatic rings. The number of thioether (sulfide) groups is 1. The summed E-state index contributed by atoms with van der Waals surface area (Å²) < 4.78 is 1.93. The van der Waals surface area contributed by atoms with Crippen LogP contribution in [0.25, 0.3) is 0 Å². The first kappa shape index (κ1) is 16.1. The lowest BCUT2D eigenvalue weighted by Crippen LogP contribution is -2.29. The summed E-state index contributed by atoms with van der Waals surface area (Å²) in [6.45, 7) is 3.21. The number of rotatable bonds is 3. The second-order valence-corrected chi connectivity index (χ2v) is 7.45. The monoisotopic (exact) mass is 357 g/mol. The van der Waals surface area contributed by atoms with Gasteiger partial charge in [-0.25, -0.2) is 0 Å². The fraction of sp³-hybridized carbons (Fsp3) is 0.412. The van der Waals surface area contributed by atoms with Crippen LogP contribution in [0.15, 0.2) is 29.4 Å². The zero-order valence-electron chi connectivity index (χ0n) is 13.9. The Hall–Kier alpha value is -2.35. The number of amides is 2. The van der Waals surface area contributed by atoms with Crippen molar-refractivity contribution in [3.63, 3.8) is 0 Å². The number of nitrogens with zero attached hydrogens (tertiary/aromatic N) is 4. The van der Waals surface area contributed by atoms with Crippen LogP contribution in [0.4, 0.5) is 11.6 Å². The van der Waals surface area contributed by atoms with Gasteiger partial charge < -0.3 is 4.90 Å². The molecule has 1 N–H and O–H groups in total. The molecule has 2 aliphatic rings. The topological polar surface area (TPSA) is 80.1 Å². The van der Waals surface area contributed by atoms with Crippen molar-refractivity contribution in [2.45, 2.75) is 31.5 Å². The van der Waals surface area contributed by atoms with E-state index in [1.807, 2.05) is 35.8 Å². The van der Waals surface area contributed by atoms with E-state index in [0.29, 0.717) is 12.5 Å². The van der Waals surface area contributed by atoms with E-state index in [2.05, 4.69) is 15.5 Å². The molecule has 0 bridgehead atoms. The van der Waals surface area contributed by atoms with Crippen LogP contribution in [0, 0.1) is 12.8 Å². The lowest BCUT2D eigenvalue weighted by Gasteiger charge is -2.17. The molecule has 25 heavy (non-hydrogen) atoms. The van der Waals surface area contributed by atoms with Crippen LogP contribution in [0.2, 0.25) is 0 Å². The third-order valence-corrected chi connectivity index (χ3v) is 5.60. The van der Waals surface area contributed by atoms with E-state index in [4.69, 9.17) is 0 Å². The van der Waals surface area contributed by atoms with Crippen molar-refractivity contribution in [3.05, 3.63) is 29.8 Å². The number of benzene rings is 1. The summed E-state index contributed by atoms with van der Waals surface area (Å²) >= 11 is 1.64. The summed E-state index contributed by atoms with van der Waals surface area (Å²) in [6.07, 6.45) is 1.25. The van der Waals surface area contributed by atoms with E-state index < -0.39 is 0 Å². The van der Waals surface area contributed by atoms with Gasteiger partial charge in [0.25, 0.3) is 0 Å². The quantitative estimate of drug-likeness (QED) is 0.910. The molecule has 0 spiro atoms. The predicted octanol–water partition coefficient (Wildman–Crippen LogP) is 2.07. The van der Waals surface area contributed by atoms with E-state index in [0.717, 1.165) is 35.1 Å². The minimum absolute atomic E-state index is 0.0252. The van der Waals surface area contributed by atoms with E-state index in [1.165, 1.54) is 0 Å². The molecule has 1 atom stereocenters. The first-order chi connectivity index (χ1) is 12.1. The third-order valence-electron chi connectivity index (χ3n) is 4.55. The molecule has 0 saturated carbocycles. The molecule has 2 aliphatic heterocycles. The normalized spacial score (nSPS) is 19.8. The highest BCUT2D eigenvalue weighted by Crippen LogP contribution is 2.28. The SMILES string of the molecule is Cc1ccc(N2CC(C(=O)Nc3nnc4n3CCCS4)CC2=O)cc1. The molecule has 1 aromatic carbocycles. The summed E-state index contributed by atoms with van der Waals surface area (Å²) in [6, 6.07) is 7.77. The number of carbonyl (C=O) groups is 2. The van der Waals surface area contributed by atoms with Crippen molar-refractivity contribution in [3.8, 4) is 0 Å². The molecule has 1 saturated heterocycles. The third kappa shape index (κ3) is 3.13. The molecule has 8 heteroatoms. The molecule has 7 nitrogen and oxygen atoms in total. The van der Waals surface area contributed by atoms with Crippen LogP contribution in [0.1, 0.15) is 18.4 Å². The summed E-state index contributed by atoms with van der Waals surface area (Å²) in [5, 5.41) is 11.9. The molecular weight excluding hydrogens is 338 g/mol. The number of hydrogen-bond acceptors (Lipinski definition) is 5. The maximum absolute atomic E-state index is 12.6. The fourth-order valence-electron chi connectivity index (χ4n) is 3.15. The minimum atomic E-state index is -0.377. The average molecular weight is 357 g/mol. The van der Waals surface area contributed by atoms with Gasteiger partial charge in [-0.3, -0.25) is 19.5 Å². The Kier molecular flexibility index (Phi) is 4.20. The second kappa shape index (κ2) is 6.51. The highest BCUT2D eigenvalue weighted by atomic mass is 32.2. The number of aryl methyl sites for hydroxylation is 1. The van der Waals surface area contributed by atoms with Gasteiger partial charge in [0, 0.05) is 31.0 Å². The maximum Gasteiger partial charge on any atom is 0.232 e. The van der Waals surface area contributed by atoms with Crippen molar-refractivity contribution < 1.29 is 9.59 Å². The number of carbonyl (C=O) groups excluding carboxylic acids is 2. The average Bonchev–Trinajstić information content (AvgIpc) is 3.20. The van der Waals surface area contributed by atoms with Crippen molar-refractivity contribution in [2.24, 2.45) is 5.92 Å². The number of anilines is 2. The molecule has 2 amide bonds. The number of fused-ring (bicyclic) bond motifs is 1. The van der Waals surface area contributed by atoms with Gasteiger partial charge in [0.2, 0.25) is 17.8 Å². The van der Waals surface area contributed by atoms with Crippen molar-refractivity contribution in [2.75, 3.05) is 22.5 Å². The maximum atomic E-state index is 12.6. The van der Waals surface area contributed by atoms with Gasteiger partial charge in [-0.2, -0.15) is 0 Å². The number of nitrogens with one attached hydrogen (secondary N) is 1. The molecule has 1 fully saturated rings. The zero-order chi connectivity index (χ0) is 17.4. The van der Waals surface area contributed by atoms with E-state index in [-0.39, 0.29) is 24.2 Å². The summed E-state index contributed by atoms with van der Waals surface area (Å²) in [5.74, 6) is 0.928. The molecule has 130 valence electrons.